The average Bonchev–Trinajstić information content (AvgIpc) is 2.42. The molecule has 0 amide bonds. The number of benzene rings is 1. The Hall–Kier alpha value is -1.35. The minimum absolute atomic E-state index is 1.01. The number of aryl methyl sites for hydroxylation is 2. The molecule has 0 aliphatic carbocycles. The second-order valence-corrected chi connectivity index (χ2v) is 5.94. The average molecular weight is 273 g/mol. The van der Waals surface area contributed by atoms with Gasteiger partial charge in [-0.2, -0.15) is 0 Å². The first-order valence-electron chi connectivity index (χ1n) is 7.60. The molecule has 1 saturated heterocycles. The molecule has 0 N–H and O–H groups in total. The van der Waals surface area contributed by atoms with E-state index in [1.165, 1.54) is 28.2 Å². The summed E-state index contributed by atoms with van der Waals surface area (Å²) in [6.45, 7) is 13.1. The number of rotatable bonds is 3. The van der Waals surface area contributed by atoms with Crippen molar-refractivity contribution in [1.29, 1.82) is 0 Å². The molecule has 1 fully saturated rings. The standard InChI is InChI=1S/C17H27N3/c1-6-15(4)18-17-14(3)11-13(2)12-16(17)20-9-7-19(5)8-10-20/h11-12H,6-10H2,1-5H3/b18-15+. The molecule has 0 aromatic heterocycles. The fourth-order valence-corrected chi connectivity index (χ4v) is 2.64. The third-order valence-corrected chi connectivity index (χ3v) is 4.08. The summed E-state index contributed by atoms with van der Waals surface area (Å²) in [5.41, 5.74) is 6.28. The lowest BCUT2D eigenvalue weighted by molar-refractivity contribution is 0.313. The first-order valence-corrected chi connectivity index (χ1v) is 7.60. The second-order valence-electron chi connectivity index (χ2n) is 5.94. The first-order chi connectivity index (χ1) is 9.51. The van der Waals surface area contributed by atoms with Gasteiger partial charge in [0.2, 0.25) is 0 Å². The van der Waals surface area contributed by atoms with Crippen LogP contribution in [0.15, 0.2) is 17.1 Å². The van der Waals surface area contributed by atoms with Crippen molar-refractivity contribution in [3.05, 3.63) is 23.3 Å². The fraction of sp³-hybridized carbons (Fsp3) is 0.588. The molecule has 3 nitrogen and oxygen atoms in total. The van der Waals surface area contributed by atoms with Crippen molar-refractivity contribution in [3.63, 3.8) is 0 Å². The third kappa shape index (κ3) is 3.40. The Morgan fingerprint density at radius 2 is 1.80 bits per heavy atom. The Morgan fingerprint density at radius 1 is 1.15 bits per heavy atom. The van der Waals surface area contributed by atoms with Crippen LogP contribution in [-0.4, -0.2) is 43.8 Å². The fourth-order valence-electron chi connectivity index (χ4n) is 2.64. The van der Waals surface area contributed by atoms with Gasteiger partial charge in [0.15, 0.2) is 0 Å². The predicted molar refractivity (Wildman–Crippen MR) is 88.7 cm³/mol. The number of piperazine rings is 1. The lowest BCUT2D eigenvalue weighted by Crippen LogP contribution is -2.44. The highest BCUT2D eigenvalue weighted by Gasteiger charge is 2.18. The Kier molecular flexibility index (Phi) is 4.81. The highest BCUT2D eigenvalue weighted by Crippen LogP contribution is 2.34. The van der Waals surface area contributed by atoms with Crippen molar-refractivity contribution in [1.82, 2.24) is 4.90 Å². The number of likely N-dealkylation sites (N-methyl/N-ethyl adjacent to an activating group) is 1. The van der Waals surface area contributed by atoms with E-state index in [1.54, 1.807) is 0 Å². The Bertz CT molecular complexity index is 497. The lowest BCUT2D eigenvalue weighted by atomic mass is 10.1. The molecule has 1 aromatic rings. The van der Waals surface area contributed by atoms with Gasteiger partial charge in [0, 0.05) is 31.9 Å². The summed E-state index contributed by atoms with van der Waals surface area (Å²) in [6, 6.07) is 4.53. The largest absolute Gasteiger partial charge is 0.367 e. The Balaban J connectivity index is 2.40. The molecule has 20 heavy (non-hydrogen) atoms. The van der Waals surface area contributed by atoms with Crippen LogP contribution in [0.1, 0.15) is 31.4 Å². The molecule has 1 aliphatic heterocycles. The molecule has 1 aliphatic rings. The number of hydrogen-bond acceptors (Lipinski definition) is 3. The van der Waals surface area contributed by atoms with Crippen molar-refractivity contribution >= 4 is 17.1 Å². The van der Waals surface area contributed by atoms with E-state index in [0.717, 1.165) is 32.6 Å². The molecular weight excluding hydrogens is 246 g/mol. The second kappa shape index (κ2) is 6.40. The van der Waals surface area contributed by atoms with Crippen LogP contribution >= 0.6 is 0 Å². The quantitative estimate of drug-likeness (QED) is 0.784. The summed E-state index contributed by atoms with van der Waals surface area (Å²) >= 11 is 0. The highest BCUT2D eigenvalue weighted by atomic mass is 15.3. The number of aliphatic imine (C=N–C) groups is 1. The maximum absolute atomic E-state index is 4.87. The van der Waals surface area contributed by atoms with Gasteiger partial charge in [-0.25, -0.2) is 0 Å². The van der Waals surface area contributed by atoms with Gasteiger partial charge >= 0.3 is 0 Å². The summed E-state index contributed by atoms with van der Waals surface area (Å²) in [7, 11) is 2.19. The summed E-state index contributed by atoms with van der Waals surface area (Å²) < 4.78 is 0. The van der Waals surface area contributed by atoms with E-state index in [1.807, 2.05) is 0 Å². The highest BCUT2D eigenvalue weighted by molar-refractivity contribution is 5.87. The number of hydrogen-bond donors (Lipinski definition) is 0. The van der Waals surface area contributed by atoms with Crippen molar-refractivity contribution in [2.24, 2.45) is 4.99 Å². The molecule has 0 unspecified atom stereocenters. The van der Waals surface area contributed by atoms with Crippen LogP contribution in [-0.2, 0) is 0 Å². The van der Waals surface area contributed by atoms with E-state index < -0.39 is 0 Å². The topological polar surface area (TPSA) is 18.8 Å². The van der Waals surface area contributed by atoms with Crippen molar-refractivity contribution in [3.8, 4) is 0 Å². The van der Waals surface area contributed by atoms with Crippen LogP contribution in [0.5, 0.6) is 0 Å². The van der Waals surface area contributed by atoms with Crippen molar-refractivity contribution < 1.29 is 0 Å². The van der Waals surface area contributed by atoms with Crippen LogP contribution in [0.3, 0.4) is 0 Å². The Labute approximate surface area is 123 Å². The molecular formula is C17H27N3. The molecule has 0 radical (unpaired) electrons. The van der Waals surface area contributed by atoms with Gasteiger partial charge in [-0.3, -0.25) is 4.99 Å². The van der Waals surface area contributed by atoms with Crippen LogP contribution in [0, 0.1) is 13.8 Å². The molecule has 1 aromatic carbocycles. The van der Waals surface area contributed by atoms with E-state index in [-0.39, 0.29) is 0 Å². The van der Waals surface area contributed by atoms with Gasteiger partial charge in [-0.1, -0.05) is 13.0 Å². The molecule has 3 heteroatoms. The maximum atomic E-state index is 4.87. The molecule has 0 atom stereocenters. The molecule has 2 rings (SSSR count). The van der Waals surface area contributed by atoms with Gasteiger partial charge in [-0.05, 0) is 51.4 Å². The van der Waals surface area contributed by atoms with E-state index in [2.05, 4.69) is 56.7 Å². The third-order valence-electron chi connectivity index (χ3n) is 4.08. The zero-order chi connectivity index (χ0) is 14.7. The maximum Gasteiger partial charge on any atom is 0.0891 e. The van der Waals surface area contributed by atoms with Crippen molar-refractivity contribution in [2.45, 2.75) is 34.1 Å². The summed E-state index contributed by atoms with van der Waals surface area (Å²) in [5, 5.41) is 0. The van der Waals surface area contributed by atoms with E-state index in [9.17, 15) is 0 Å². The first kappa shape index (κ1) is 15.0. The van der Waals surface area contributed by atoms with E-state index in [0.29, 0.717) is 0 Å². The molecule has 0 bridgehead atoms. The van der Waals surface area contributed by atoms with Crippen LogP contribution in [0.2, 0.25) is 0 Å². The van der Waals surface area contributed by atoms with E-state index in [4.69, 9.17) is 4.99 Å². The van der Waals surface area contributed by atoms with Gasteiger partial charge in [-0.15, -0.1) is 0 Å². The van der Waals surface area contributed by atoms with Gasteiger partial charge in [0.05, 0.1) is 11.4 Å². The minimum atomic E-state index is 1.01. The van der Waals surface area contributed by atoms with Gasteiger partial charge in [0.1, 0.15) is 0 Å². The zero-order valence-electron chi connectivity index (χ0n) is 13.5. The monoisotopic (exact) mass is 273 g/mol. The Morgan fingerprint density at radius 3 is 2.40 bits per heavy atom. The van der Waals surface area contributed by atoms with Crippen molar-refractivity contribution in [2.75, 3.05) is 38.1 Å². The van der Waals surface area contributed by atoms with Crippen LogP contribution in [0.25, 0.3) is 0 Å². The van der Waals surface area contributed by atoms with Crippen LogP contribution in [0.4, 0.5) is 11.4 Å². The van der Waals surface area contributed by atoms with Crippen LogP contribution < -0.4 is 4.90 Å². The van der Waals surface area contributed by atoms with Gasteiger partial charge in [0.25, 0.3) is 0 Å². The molecule has 110 valence electrons. The zero-order valence-corrected chi connectivity index (χ0v) is 13.5. The van der Waals surface area contributed by atoms with Gasteiger partial charge < -0.3 is 9.80 Å². The summed E-state index contributed by atoms with van der Waals surface area (Å²) in [5.74, 6) is 0. The number of nitrogens with zero attached hydrogens (tertiary/aromatic N) is 3. The summed E-state index contributed by atoms with van der Waals surface area (Å²) in [6.07, 6.45) is 1.01. The lowest BCUT2D eigenvalue weighted by Gasteiger charge is -2.35. The van der Waals surface area contributed by atoms with E-state index >= 15 is 0 Å². The molecule has 0 spiro atoms. The molecule has 0 saturated carbocycles. The predicted octanol–water partition coefficient (Wildman–Crippen LogP) is 3.56. The SMILES string of the molecule is CC/C(C)=N/c1c(C)cc(C)cc1N1CCN(C)CC1. The normalized spacial score (nSPS) is 17.6. The summed E-state index contributed by atoms with van der Waals surface area (Å²) in [4.78, 5) is 9.75. The smallest absolute Gasteiger partial charge is 0.0891 e. The number of anilines is 1. The minimum Gasteiger partial charge on any atom is -0.367 e. The molecule has 1 heterocycles.